The van der Waals surface area contributed by atoms with Gasteiger partial charge in [-0.2, -0.15) is 5.26 Å². The molecule has 0 aliphatic carbocycles. The van der Waals surface area contributed by atoms with Gasteiger partial charge in [0.1, 0.15) is 0 Å². The minimum absolute atomic E-state index is 0.485. The minimum Gasteiger partial charge on any atom is -0.198 e. The predicted octanol–water partition coefficient (Wildman–Crippen LogP) is 4.02. The first-order valence-corrected chi connectivity index (χ1v) is 6.04. The average molecular weight is 284 g/mol. The Bertz CT molecular complexity index is 486. The highest BCUT2D eigenvalue weighted by Gasteiger charge is 2.04. The van der Waals surface area contributed by atoms with Crippen LogP contribution in [-0.4, -0.2) is 0 Å². The number of rotatable bonds is 1. The van der Waals surface area contributed by atoms with E-state index in [0.717, 1.165) is 14.2 Å². The van der Waals surface area contributed by atoms with E-state index in [1.807, 2.05) is 12.1 Å². The molecule has 0 amide bonds. The summed E-state index contributed by atoms with van der Waals surface area (Å²) in [7, 11) is 0. The van der Waals surface area contributed by atoms with Crippen molar-refractivity contribution in [1.82, 2.24) is 0 Å². The van der Waals surface area contributed by atoms with E-state index in [9.17, 15) is 0 Å². The van der Waals surface area contributed by atoms with E-state index in [-0.39, 0.29) is 0 Å². The SMILES string of the molecule is N#CCc1cc2cc(Br)c(S)cc2s1. The van der Waals surface area contributed by atoms with Gasteiger partial charge in [0.25, 0.3) is 0 Å². The average Bonchev–Trinajstić information content (AvgIpc) is 2.48. The molecule has 0 fully saturated rings. The zero-order valence-corrected chi connectivity index (χ0v) is 10.4. The summed E-state index contributed by atoms with van der Waals surface area (Å²) in [6.07, 6.45) is 0.485. The Balaban J connectivity index is 2.61. The topological polar surface area (TPSA) is 23.8 Å². The number of benzene rings is 1. The zero-order valence-electron chi connectivity index (χ0n) is 7.12. The third-order valence-electron chi connectivity index (χ3n) is 1.89. The number of nitrogens with zero attached hydrogens (tertiary/aromatic N) is 1. The highest BCUT2D eigenvalue weighted by molar-refractivity contribution is 9.10. The Labute approximate surface area is 99.9 Å². The van der Waals surface area contributed by atoms with E-state index in [4.69, 9.17) is 5.26 Å². The van der Waals surface area contributed by atoms with Crippen LogP contribution in [0.5, 0.6) is 0 Å². The van der Waals surface area contributed by atoms with Crippen molar-refractivity contribution in [2.45, 2.75) is 11.3 Å². The molecule has 1 heterocycles. The van der Waals surface area contributed by atoms with Crippen molar-refractivity contribution in [3.63, 3.8) is 0 Å². The van der Waals surface area contributed by atoms with Crippen LogP contribution in [0.1, 0.15) is 4.88 Å². The van der Waals surface area contributed by atoms with Crippen LogP contribution >= 0.6 is 39.9 Å². The second-order valence-electron chi connectivity index (χ2n) is 2.89. The van der Waals surface area contributed by atoms with E-state index in [1.54, 1.807) is 11.3 Å². The van der Waals surface area contributed by atoms with Crippen molar-refractivity contribution in [3.8, 4) is 6.07 Å². The summed E-state index contributed by atoms with van der Waals surface area (Å²) in [4.78, 5) is 2.04. The number of thiol groups is 1. The van der Waals surface area contributed by atoms with Gasteiger partial charge < -0.3 is 0 Å². The van der Waals surface area contributed by atoms with Crippen molar-refractivity contribution in [3.05, 3.63) is 27.5 Å². The van der Waals surface area contributed by atoms with Gasteiger partial charge in [0, 0.05) is 18.9 Å². The predicted molar refractivity (Wildman–Crippen MR) is 66.1 cm³/mol. The number of hydrogen-bond donors (Lipinski definition) is 1. The van der Waals surface area contributed by atoms with Gasteiger partial charge >= 0.3 is 0 Å². The van der Waals surface area contributed by atoms with Crippen molar-refractivity contribution < 1.29 is 0 Å². The summed E-state index contributed by atoms with van der Waals surface area (Å²) >= 11 is 9.41. The lowest BCUT2D eigenvalue weighted by Crippen LogP contribution is -1.69. The molecular weight excluding hydrogens is 278 g/mol. The van der Waals surface area contributed by atoms with Gasteiger partial charge in [-0.3, -0.25) is 0 Å². The molecule has 1 aromatic carbocycles. The smallest absolute Gasteiger partial charge is 0.0696 e. The summed E-state index contributed by atoms with van der Waals surface area (Å²) in [5.74, 6) is 0. The lowest BCUT2D eigenvalue weighted by molar-refractivity contribution is 1.32. The standard InChI is InChI=1S/C10H6BrNS2/c11-8-4-6-3-7(1-2-12)14-10(6)5-9(8)13/h3-5,13H,1H2. The highest BCUT2D eigenvalue weighted by Crippen LogP contribution is 2.32. The molecule has 0 saturated heterocycles. The van der Waals surface area contributed by atoms with Gasteiger partial charge in [0.15, 0.2) is 0 Å². The molecule has 1 aromatic heterocycles. The van der Waals surface area contributed by atoms with E-state index < -0.39 is 0 Å². The molecule has 0 radical (unpaired) electrons. The fourth-order valence-electron chi connectivity index (χ4n) is 1.27. The Morgan fingerprint density at radius 2 is 2.21 bits per heavy atom. The van der Waals surface area contributed by atoms with Crippen LogP contribution in [0.3, 0.4) is 0 Å². The lowest BCUT2D eigenvalue weighted by Gasteiger charge is -1.95. The monoisotopic (exact) mass is 283 g/mol. The van der Waals surface area contributed by atoms with Crippen molar-refractivity contribution in [2.75, 3.05) is 0 Å². The molecule has 2 rings (SSSR count). The second kappa shape index (κ2) is 3.93. The number of nitriles is 1. The minimum atomic E-state index is 0.485. The van der Waals surface area contributed by atoms with Crippen molar-refractivity contribution in [2.24, 2.45) is 0 Å². The van der Waals surface area contributed by atoms with E-state index in [1.165, 1.54) is 10.1 Å². The fourth-order valence-corrected chi connectivity index (χ4v) is 2.93. The third-order valence-corrected chi connectivity index (χ3v) is 4.32. The van der Waals surface area contributed by atoms with Crippen LogP contribution in [0.4, 0.5) is 0 Å². The summed E-state index contributed by atoms with van der Waals surface area (Å²) in [5.41, 5.74) is 0. The van der Waals surface area contributed by atoms with Crippen LogP contribution < -0.4 is 0 Å². The summed E-state index contributed by atoms with van der Waals surface area (Å²) in [5, 5.41) is 9.76. The van der Waals surface area contributed by atoms with Crippen LogP contribution in [0.25, 0.3) is 10.1 Å². The van der Waals surface area contributed by atoms with E-state index >= 15 is 0 Å². The Morgan fingerprint density at radius 3 is 2.93 bits per heavy atom. The van der Waals surface area contributed by atoms with Crippen LogP contribution in [0, 0.1) is 11.3 Å². The molecule has 0 saturated carbocycles. The number of fused-ring (bicyclic) bond motifs is 1. The molecule has 0 aliphatic heterocycles. The number of halogens is 1. The van der Waals surface area contributed by atoms with Gasteiger partial charge in [0.2, 0.25) is 0 Å². The summed E-state index contributed by atoms with van der Waals surface area (Å²) in [6.45, 7) is 0. The van der Waals surface area contributed by atoms with Gasteiger partial charge in [-0.05, 0) is 39.5 Å². The van der Waals surface area contributed by atoms with Gasteiger partial charge in [0.05, 0.1) is 12.5 Å². The molecule has 0 N–H and O–H groups in total. The van der Waals surface area contributed by atoms with Gasteiger partial charge in [-0.1, -0.05) is 0 Å². The Hall–Kier alpha value is -0.500. The summed E-state index contributed by atoms with van der Waals surface area (Å²) < 4.78 is 2.18. The number of hydrogen-bond acceptors (Lipinski definition) is 3. The maximum absolute atomic E-state index is 8.59. The molecular formula is C10H6BrNS2. The normalized spacial score (nSPS) is 10.4. The second-order valence-corrected chi connectivity index (χ2v) is 5.39. The molecule has 1 nitrogen and oxygen atoms in total. The van der Waals surface area contributed by atoms with Crippen LogP contribution in [-0.2, 0) is 6.42 Å². The zero-order chi connectivity index (χ0) is 10.1. The van der Waals surface area contributed by atoms with E-state index in [2.05, 4.69) is 40.7 Å². The molecule has 2 aromatic rings. The highest BCUT2D eigenvalue weighted by atomic mass is 79.9. The van der Waals surface area contributed by atoms with Gasteiger partial charge in [-0.15, -0.1) is 24.0 Å². The first-order valence-electron chi connectivity index (χ1n) is 3.98. The maximum Gasteiger partial charge on any atom is 0.0696 e. The quantitative estimate of drug-likeness (QED) is 0.786. The molecule has 4 heteroatoms. The molecule has 70 valence electrons. The summed E-state index contributed by atoms with van der Waals surface area (Å²) in [6, 6.07) is 8.27. The Kier molecular flexibility index (Phi) is 2.82. The molecule has 0 aliphatic rings. The fraction of sp³-hybridized carbons (Fsp3) is 0.100. The van der Waals surface area contributed by atoms with Crippen LogP contribution in [0.15, 0.2) is 27.6 Å². The van der Waals surface area contributed by atoms with Crippen molar-refractivity contribution in [1.29, 1.82) is 5.26 Å². The lowest BCUT2D eigenvalue weighted by atomic mass is 10.2. The molecule has 0 spiro atoms. The maximum atomic E-state index is 8.59. The van der Waals surface area contributed by atoms with Gasteiger partial charge in [-0.25, -0.2) is 0 Å². The third kappa shape index (κ3) is 1.81. The molecule has 0 unspecified atom stereocenters. The van der Waals surface area contributed by atoms with E-state index in [0.29, 0.717) is 6.42 Å². The molecule has 0 bridgehead atoms. The Morgan fingerprint density at radius 1 is 1.43 bits per heavy atom. The van der Waals surface area contributed by atoms with Crippen molar-refractivity contribution >= 4 is 50.0 Å². The number of thiophene rings is 1. The largest absolute Gasteiger partial charge is 0.198 e. The molecule has 14 heavy (non-hydrogen) atoms. The first-order chi connectivity index (χ1) is 6.70. The van der Waals surface area contributed by atoms with Crippen LogP contribution in [0.2, 0.25) is 0 Å². The molecule has 0 atom stereocenters. The first kappa shape index (κ1) is 10.0.